The number of carbonyl (C=O) groups is 1. The highest BCUT2D eigenvalue weighted by Gasteiger charge is 2.14. The second kappa shape index (κ2) is 8.66. The lowest BCUT2D eigenvalue weighted by Gasteiger charge is -2.04. The number of nitrogens with one attached hydrogen (secondary N) is 2. The van der Waals surface area contributed by atoms with Crippen LogP contribution in [0.1, 0.15) is 27.4 Å². The maximum Gasteiger partial charge on any atom is 0.289 e. The Morgan fingerprint density at radius 3 is 2.65 bits per heavy atom. The molecule has 0 fully saturated rings. The van der Waals surface area contributed by atoms with Gasteiger partial charge >= 0.3 is 0 Å². The average molecular weight is 414 g/mol. The van der Waals surface area contributed by atoms with E-state index in [1.54, 1.807) is 19.4 Å². The molecule has 2 N–H and O–H groups in total. The standard InChI is InChI=1S/C23H22N6O2/c1-15-19(16(2)29(28-15)17-9-5-4-6-10-17)14-24-27-23(30)21-13-20(25-26-21)18-11-7-8-12-22(18)31-3/h4-14H,1-3H3,(H,25,26)(H,27,30)/b24-14-. The van der Waals surface area contributed by atoms with Crippen LogP contribution in [0.15, 0.2) is 65.8 Å². The van der Waals surface area contributed by atoms with Crippen LogP contribution in [-0.2, 0) is 0 Å². The van der Waals surface area contributed by atoms with Crippen molar-refractivity contribution in [1.29, 1.82) is 0 Å². The lowest BCUT2D eigenvalue weighted by molar-refractivity contribution is 0.0950. The molecule has 0 spiro atoms. The second-order valence-electron chi connectivity index (χ2n) is 6.90. The van der Waals surface area contributed by atoms with Gasteiger partial charge in [0, 0.05) is 11.1 Å². The maximum atomic E-state index is 12.5. The molecule has 0 aliphatic heterocycles. The van der Waals surface area contributed by atoms with Gasteiger partial charge in [0.1, 0.15) is 11.4 Å². The number of aromatic nitrogens is 4. The summed E-state index contributed by atoms with van der Waals surface area (Å²) in [6, 6.07) is 19.0. The van der Waals surface area contributed by atoms with Crippen LogP contribution < -0.4 is 10.2 Å². The predicted octanol–water partition coefficient (Wildman–Crippen LogP) is 3.65. The molecule has 156 valence electrons. The van der Waals surface area contributed by atoms with Crippen LogP contribution in [0, 0.1) is 13.8 Å². The maximum absolute atomic E-state index is 12.5. The van der Waals surface area contributed by atoms with E-state index in [1.807, 2.05) is 73.1 Å². The highest BCUT2D eigenvalue weighted by molar-refractivity contribution is 5.94. The Bertz CT molecular complexity index is 1240. The van der Waals surface area contributed by atoms with Gasteiger partial charge in [0.25, 0.3) is 5.91 Å². The number of H-pyrrole nitrogens is 1. The van der Waals surface area contributed by atoms with Crippen molar-refractivity contribution in [2.45, 2.75) is 13.8 Å². The first-order chi connectivity index (χ1) is 15.1. The molecule has 4 aromatic rings. The van der Waals surface area contributed by atoms with E-state index in [0.717, 1.165) is 28.2 Å². The third kappa shape index (κ3) is 4.09. The van der Waals surface area contributed by atoms with Crippen LogP contribution in [0.4, 0.5) is 0 Å². The molecule has 0 aliphatic rings. The van der Waals surface area contributed by atoms with Gasteiger partial charge in [-0.15, -0.1) is 0 Å². The van der Waals surface area contributed by atoms with Crippen LogP contribution in [0.5, 0.6) is 5.75 Å². The number of hydrogen-bond acceptors (Lipinski definition) is 5. The number of benzene rings is 2. The third-order valence-corrected chi connectivity index (χ3v) is 4.91. The van der Waals surface area contributed by atoms with E-state index >= 15 is 0 Å². The number of aryl methyl sites for hydroxylation is 1. The first-order valence-corrected chi connectivity index (χ1v) is 9.72. The van der Waals surface area contributed by atoms with Crippen molar-refractivity contribution < 1.29 is 9.53 Å². The Hall–Kier alpha value is -4.20. The van der Waals surface area contributed by atoms with Crippen molar-refractivity contribution in [3.8, 4) is 22.7 Å². The van der Waals surface area contributed by atoms with Crippen LogP contribution in [0.25, 0.3) is 16.9 Å². The first-order valence-electron chi connectivity index (χ1n) is 9.72. The Kier molecular flexibility index (Phi) is 5.61. The Morgan fingerprint density at radius 2 is 1.87 bits per heavy atom. The summed E-state index contributed by atoms with van der Waals surface area (Å²) in [5.74, 6) is 0.288. The molecular weight excluding hydrogens is 392 g/mol. The second-order valence-corrected chi connectivity index (χ2v) is 6.90. The number of hydrogen-bond donors (Lipinski definition) is 2. The number of amides is 1. The molecule has 1 amide bonds. The number of aromatic amines is 1. The summed E-state index contributed by atoms with van der Waals surface area (Å²) >= 11 is 0. The normalized spacial score (nSPS) is 11.1. The monoisotopic (exact) mass is 414 g/mol. The van der Waals surface area contributed by atoms with E-state index in [9.17, 15) is 4.79 Å². The van der Waals surface area contributed by atoms with Crippen molar-refractivity contribution in [2.75, 3.05) is 7.11 Å². The van der Waals surface area contributed by atoms with Crippen molar-refractivity contribution in [2.24, 2.45) is 5.10 Å². The molecule has 0 radical (unpaired) electrons. The molecule has 0 saturated carbocycles. The topological polar surface area (TPSA) is 97.2 Å². The summed E-state index contributed by atoms with van der Waals surface area (Å²) in [7, 11) is 1.59. The molecule has 2 aromatic carbocycles. The summed E-state index contributed by atoms with van der Waals surface area (Å²) in [5, 5.41) is 15.6. The van der Waals surface area contributed by atoms with Crippen LogP contribution in [0.3, 0.4) is 0 Å². The zero-order valence-electron chi connectivity index (χ0n) is 17.5. The van der Waals surface area contributed by atoms with E-state index in [1.165, 1.54) is 0 Å². The van der Waals surface area contributed by atoms with E-state index in [2.05, 4.69) is 25.8 Å². The summed E-state index contributed by atoms with van der Waals surface area (Å²) in [5.41, 5.74) is 7.81. The summed E-state index contributed by atoms with van der Waals surface area (Å²) < 4.78 is 7.21. The highest BCUT2D eigenvalue weighted by Crippen LogP contribution is 2.28. The van der Waals surface area contributed by atoms with E-state index in [0.29, 0.717) is 17.1 Å². The van der Waals surface area contributed by atoms with Crippen molar-refractivity contribution in [3.05, 3.63) is 83.3 Å². The highest BCUT2D eigenvalue weighted by atomic mass is 16.5. The van der Waals surface area contributed by atoms with Gasteiger partial charge in [-0.3, -0.25) is 9.89 Å². The number of methoxy groups -OCH3 is 1. The zero-order chi connectivity index (χ0) is 21.8. The van der Waals surface area contributed by atoms with Crippen LogP contribution in [0.2, 0.25) is 0 Å². The smallest absolute Gasteiger partial charge is 0.289 e. The van der Waals surface area contributed by atoms with E-state index in [-0.39, 0.29) is 0 Å². The molecular formula is C23H22N6O2. The summed E-state index contributed by atoms with van der Waals surface area (Å²) in [6.45, 7) is 3.87. The van der Waals surface area contributed by atoms with Gasteiger partial charge in [-0.2, -0.15) is 15.3 Å². The van der Waals surface area contributed by atoms with Gasteiger partial charge in [0.05, 0.1) is 36.1 Å². The third-order valence-electron chi connectivity index (χ3n) is 4.91. The number of carbonyl (C=O) groups excluding carboxylic acids is 1. The Balaban J connectivity index is 1.49. The fraction of sp³-hybridized carbons (Fsp3) is 0.130. The quantitative estimate of drug-likeness (QED) is 0.372. The van der Waals surface area contributed by atoms with Crippen molar-refractivity contribution >= 4 is 12.1 Å². The first kappa shape index (κ1) is 20.1. The number of hydrazone groups is 1. The molecule has 2 aromatic heterocycles. The minimum absolute atomic E-state index is 0.298. The molecule has 0 bridgehead atoms. The number of nitrogens with zero attached hydrogens (tertiary/aromatic N) is 4. The molecule has 0 saturated heterocycles. The van der Waals surface area contributed by atoms with Gasteiger partial charge < -0.3 is 4.74 Å². The Labute approximate surface area is 179 Å². The van der Waals surface area contributed by atoms with Gasteiger partial charge in [-0.05, 0) is 44.2 Å². The molecule has 4 rings (SSSR count). The summed E-state index contributed by atoms with van der Waals surface area (Å²) in [4.78, 5) is 12.5. The molecule has 0 aliphatic carbocycles. The van der Waals surface area contributed by atoms with Gasteiger partial charge in [0.15, 0.2) is 0 Å². The molecule has 2 heterocycles. The predicted molar refractivity (Wildman–Crippen MR) is 119 cm³/mol. The Morgan fingerprint density at radius 1 is 1.13 bits per heavy atom. The summed E-state index contributed by atoms with van der Waals surface area (Å²) in [6.07, 6.45) is 1.60. The molecule has 8 heteroatoms. The molecule has 8 nitrogen and oxygen atoms in total. The zero-order valence-corrected chi connectivity index (χ0v) is 17.5. The van der Waals surface area contributed by atoms with Gasteiger partial charge in [-0.25, -0.2) is 10.1 Å². The lowest BCUT2D eigenvalue weighted by atomic mass is 10.1. The fourth-order valence-corrected chi connectivity index (χ4v) is 3.31. The number of rotatable bonds is 6. The van der Waals surface area contributed by atoms with Crippen LogP contribution >= 0.6 is 0 Å². The fourth-order valence-electron chi connectivity index (χ4n) is 3.31. The number of para-hydroxylation sites is 2. The molecule has 0 atom stereocenters. The van der Waals surface area contributed by atoms with Crippen LogP contribution in [-0.4, -0.2) is 39.2 Å². The lowest BCUT2D eigenvalue weighted by Crippen LogP contribution is -2.18. The van der Waals surface area contributed by atoms with Crippen molar-refractivity contribution in [1.82, 2.24) is 25.4 Å². The van der Waals surface area contributed by atoms with Gasteiger partial charge in [-0.1, -0.05) is 30.3 Å². The van der Waals surface area contributed by atoms with Crippen molar-refractivity contribution in [3.63, 3.8) is 0 Å². The number of ether oxygens (including phenoxy) is 1. The average Bonchev–Trinajstić information content (AvgIpc) is 3.40. The van der Waals surface area contributed by atoms with E-state index in [4.69, 9.17) is 4.74 Å². The van der Waals surface area contributed by atoms with E-state index < -0.39 is 5.91 Å². The minimum Gasteiger partial charge on any atom is -0.496 e. The largest absolute Gasteiger partial charge is 0.496 e. The molecule has 31 heavy (non-hydrogen) atoms. The van der Waals surface area contributed by atoms with Gasteiger partial charge in [0.2, 0.25) is 0 Å². The molecule has 0 unspecified atom stereocenters. The SMILES string of the molecule is COc1ccccc1-c1cc(C(=O)N/N=C\c2c(C)nn(-c3ccccc3)c2C)[nH]n1. The minimum atomic E-state index is -0.393.